The van der Waals surface area contributed by atoms with E-state index in [0.717, 1.165) is 0 Å². The lowest BCUT2D eigenvalue weighted by Crippen LogP contribution is -2.23. The van der Waals surface area contributed by atoms with Crippen molar-refractivity contribution in [2.45, 2.75) is 20.8 Å². The number of aliphatic carboxylic acids is 1. The molecule has 0 saturated carbocycles. The van der Waals surface area contributed by atoms with Gasteiger partial charge in [-0.1, -0.05) is 6.58 Å². The fraction of sp³-hybridized carbons (Fsp3) is 0.556. The molecule has 0 unspecified atom stereocenters. The smallest absolute Gasteiger partial charge is 0.407 e. The second-order valence-corrected chi connectivity index (χ2v) is 2.34. The van der Waals surface area contributed by atoms with E-state index in [2.05, 4.69) is 16.6 Å². The number of hydrogen-bond acceptors (Lipinski definition) is 3. The predicted octanol–water partition coefficient (Wildman–Crippen LogP) is 1.40. The largest absolute Gasteiger partial charge is 0.478 e. The number of nitrogens with one attached hydrogen (secondary N) is 1. The zero-order valence-electron chi connectivity index (χ0n) is 8.79. The summed E-state index contributed by atoms with van der Waals surface area (Å²) in [5.74, 6) is -0.935. The summed E-state index contributed by atoms with van der Waals surface area (Å²) in [6.07, 6.45) is -0.338. The van der Waals surface area contributed by atoms with Crippen molar-refractivity contribution < 1.29 is 19.4 Å². The Bertz CT molecular complexity index is 181. The maximum Gasteiger partial charge on any atom is 0.407 e. The fourth-order valence-corrected chi connectivity index (χ4v) is 0.326. The van der Waals surface area contributed by atoms with Gasteiger partial charge in [-0.05, 0) is 20.8 Å². The number of hydrogen-bond donors (Lipinski definition) is 2. The Balaban J connectivity index is 0. The van der Waals surface area contributed by atoms with Crippen LogP contribution in [0.3, 0.4) is 0 Å². The first-order valence-electron chi connectivity index (χ1n) is 4.25. The number of alkyl carbamates (subject to hydrolysis) is 1. The molecule has 5 nitrogen and oxygen atoms in total. The molecule has 0 heterocycles. The highest BCUT2D eigenvalue weighted by molar-refractivity contribution is 5.84. The highest BCUT2D eigenvalue weighted by atomic mass is 16.5. The van der Waals surface area contributed by atoms with Crippen molar-refractivity contribution in [3.8, 4) is 0 Å². The van der Waals surface area contributed by atoms with Gasteiger partial charge in [0.05, 0.1) is 6.61 Å². The number of ether oxygens (including phenoxy) is 1. The van der Waals surface area contributed by atoms with E-state index >= 15 is 0 Å². The molecule has 0 fully saturated rings. The zero-order valence-corrected chi connectivity index (χ0v) is 8.79. The lowest BCUT2D eigenvalue weighted by Gasteiger charge is -1.99. The van der Waals surface area contributed by atoms with Gasteiger partial charge in [0.2, 0.25) is 0 Å². The summed E-state index contributed by atoms with van der Waals surface area (Å²) in [4.78, 5) is 19.9. The van der Waals surface area contributed by atoms with Crippen molar-refractivity contribution >= 4 is 12.1 Å². The molecular weight excluding hydrogens is 186 g/mol. The number of carboxylic acids is 1. The summed E-state index contributed by atoms with van der Waals surface area (Å²) < 4.78 is 4.53. The van der Waals surface area contributed by atoms with Crippen LogP contribution < -0.4 is 5.32 Å². The summed E-state index contributed by atoms with van der Waals surface area (Å²) in [6.45, 7) is 9.28. The Hall–Kier alpha value is -1.52. The molecule has 5 heteroatoms. The molecule has 0 bridgehead atoms. The number of carbonyl (C=O) groups is 2. The summed E-state index contributed by atoms with van der Waals surface area (Å²) in [7, 11) is 0. The molecule has 0 aromatic rings. The molecule has 0 aromatic carbocycles. The second-order valence-electron chi connectivity index (χ2n) is 2.34. The molecule has 82 valence electrons. The Morgan fingerprint density at radius 1 is 1.43 bits per heavy atom. The third-order valence-corrected chi connectivity index (χ3v) is 0.962. The molecule has 0 radical (unpaired) electrons. The van der Waals surface area contributed by atoms with Crippen LogP contribution in [0.15, 0.2) is 12.2 Å². The molecule has 0 spiro atoms. The van der Waals surface area contributed by atoms with Crippen molar-refractivity contribution in [2.75, 3.05) is 13.2 Å². The van der Waals surface area contributed by atoms with Gasteiger partial charge in [0.1, 0.15) is 0 Å². The zero-order chi connectivity index (χ0) is 11.6. The van der Waals surface area contributed by atoms with Crippen LogP contribution >= 0.6 is 0 Å². The molecule has 0 saturated heterocycles. The van der Waals surface area contributed by atoms with E-state index in [0.29, 0.717) is 13.2 Å². The number of carbonyl (C=O) groups excluding carboxylic acids is 1. The first-order valence-corrected chi connectivity index (χ1v) is 4.25. The van der Waals surface area contributed by atoms with E-state index in [4.69, 9.17) is 5.11 Å². The van der Waals surface area contributed by atoms with Crippen molar-refractivity contribution in [1.29, 1.82) is 0 Å². The summed E-state index contributed by atoms with van der Waals surface area (Å²) in [6, 6.07) is 0. The molecule has 0 aliphatic heterocycles. The molecule has 14 heavy (non-hydrogen) atoms. The first-order chi connectivity index (χ1) is 6.45. The van der Waals surface area contributed by atoms with E-state index < -0.39 is 5.97 Å². The number of rotatable bonds is 3. The molecule has 0 atom stereocenters. The Morgan fingerprint density at radius 2 is 1.86 bits per heavy atom. The molecular formula is C9H17NO4. The minimum Gasteiger partial charge on any atom is -0.478 e. The SMILES string of the molecule is C=C(C)C(=O)O.CCNC(=O)OCC. The standard InChI is InChI=1S/C5H11NO2.C4H6O2/c1-3-6-5(7)8-4-2;1-3(2)4(5)6/h3-4H2,1-2H3,(H,6,7);1H2,2H3,(H,5,6). The van der Waals surface area contributed by atoms with Gasteiger partial charge in [0.15, 0.2) is 0 Å². The monoisotopic (exact) mass is 203 g/mol. The van der Waals surface area contributed by atoms with E-state index in [1.165, 1.54) is 6.92 Å². The third-order valence-electron chi connectivity index (χ3n) is 0.962. The minimum absolute atomic E-state index is 0.176. The fourth-order valence-electron chi connectivity index (χ4n) is 0.326. The second kappa shape index (κ2) is 9.57. The predicted molar refractivity (Wildman–Crippen MR) is 53.1 cm³/mol. The van der Waals surface area contributed by atoms with Gasteiger partial charge in [-0.25, -0.2) is 9.59 Å². The van der Waals surface area contributed by atoms with Gasteiger partial charge in [0.25, 0.3) is 0 Å². The van der Waals surface area contributed by atoms with Crippen molar-refractivity contribution in [2.24, 2.45) is 0 Å². The molecule has 0 aromatic heterocycles. The Labute approximate surface area is 83.8 Å². The lowest BCUT2D eigenvalue weighted by atomic mass is 10.4. The topological polar surface area (TPSA) is 75.6 Å². The van der Waals surface area contributed by atoms with Gasteiger partial charge < -0.3 is 15.2 Å². The van der Waals surface area contributed by atoms with E-state index in [1.807, 2.05) is 6.92 Å². The Morgan fingerprint density at radius 3 is 2.07 bits per heavy atom. The Kier molecular flexibility index (Phi) is 10.2. The molecule has 0 aliphatic carbocycles. The average molecular weight is 203 g/mol. The van der Waals surface area contributed by atoms with Crippen LogP contribution in [0.1, 0.15) is 20.8 Å². The van der Waals surface area contributed by atoms with Crippen molar-refractivity contribution in [1.82, 2.24) is 5.32 Å². The number of amides is 1. The van der Waals surface area contributed by atoms with Crippen LogP contribution in [0, 0.1) is 0 Å². The van der Waals surface area contributed by atoms with Gasteiger partial charge in [-0.2, -0.15) is 0 Å². The quantitative estimate of drug-likeness (QED) is 0.680. The normalized spacial score (nSPS) is 7.93. The van der Waals surface area contributed by atoms with Crippen LogP contribution in [-0.4, -0.2) is 30.3 Å². The summed E-state index contributed by atoms with van der Waals surface area (Å²) >= 11 is 0. The first kappa shape index (κ1) is 15.0. The van der Waals surface area contributed by atoms with Crippen molar-refractivity contribution in [3.05, 3.63) is 12.2 Å². The van der Waals surface area contributed by atoms with Gasteiger partial charge in [0, 0.05) is 12.1 Å². The maximum absolute atomic E-state index is 10.3. The molecule has 1 amide bonds. The summed E-state index contributed by atoms with van der Waals surface area (Å²) in [5, 5.41) is 10.4. The number of carboxylic acid groups (broad SMARTS) is 1. The maximum atomic E-state index is 10.3. The summed E-state index contributed by atoms with van der Waals surface area (Å²) in [5.41, 5.74) is 0.176. The minimum atomic E-state index is -0.935. The van der Waals surface area contributed by atoms with E-state index in [9.17, 15) is 9.59 Å². The van der Waals surface area contributed by atoms with E-state index in [-0.39, 0.29) is 11.7 Å². The highest BCUT2D eigenvalue weighted by Crippen LogP contribution is 1.81. The van der Waals surface area contributed by atoms with Gasteiger partial charge in [-0.3, -0.25) is 0 Å². The van der Waals surface area contributed by atoms with Crippen LogP contribution in [0.5, 0.6) is 0 Å². The van der Waals surface area contributed by atoms with Crippen LogP contribution in [0.25, 0.3) is 0 Å². The van der Waals surface area contributed by atoms with Crippen LogP contribution in [0.4, 0.5) is 4.79 Å². The van der Waals surface area contributed by atoms with Crippen molar-refractivity contribution in [3.63, 3.8) is 0 Å². The lowest BCUT2D eigenvalue weighted by molar-refractivity contribution is -0.132. The molecule has 0 rings (SSSR count). The van der Waals surface area contributed by atoms with Crippen LogP contribution in [-0.2, 0) is 9.53 Å². The van der Waals surface area contributed by atoms with Gasteiger partial charge >= 0.3 is 12.1 Å². The third kappa shape index (κ3) is 13.1. The highest BCUT2D eigenvalue weighted by Gasteiger charge is 1.92. The van der Waals surface area contributed by atoms with Crippen LogP contribution in [0.2, 0.25) is 0 Å². The average Bonchev–Trinajstić information content (AvgIpc) is 2.06. The molecule has 2 N–H and O–H groups in total. The molecule has 0 aliphatic rings. The van der Waals surface area contributed by atoms with Gasteiger partial charge in [-0.15, -0.1) is 0 Å². The van der Waals surface area contributed by atoms with E-state index in [1.54, 1.807) is 6.92 Å².